The summed E-state index contributed by atoms with van der Waals surface area (Å²) in [6.45, 7) is 7.72. The van der Waals surface area contributed by atoms with Crippen molar-refractivity contribution in [3.63, 3.8) is 0 Å². The molecule has 5 amide bonds. The molecule has 0 saturated heterocycles. The van der Waals surface area contributed by atoms with Crippen LogP contribution in [0, 0.1) is 5.92 Å². The van der Waals surface area contributed by atoms with Gasteiger partial charge in [-0.15, -0.1) is 0 Å². The third-order valence-corrected chi connectivity index (χ3v) is 6.39. The number of aliphatic hydroxyl groups excluding tert-OH is 1. The van der Waals surface area contributed by atoms with Crippen molar-refractivity contribution in [3.05, 3.63) is 18.2 Å². The molecule has 236 valence electrons. The van der Waals surface area contributed by atoms with E-state index in [1.165, 1.54) is 33.3 Å². The average Bonchev–Trinajstić information content (AvgIpc) is 3.41. The van der Waals surface area contributed by atoms with Gasteiger partial charge < -0.3 is 47.5 Å². The number of aliphatic carboxylic acids is 1. The summed E-state index contributed by atoms with van der Waals surface area (Å²) in [5.41, 5.74) is 6.26. The van der Waals surface area contributed by atoms with Crippen molar-refractivity contribution >= 4 is 48.1 Å². The van der Waals surface area contributed by atoms with E-state index < -0.39 is 77.9 Å². The van der Waals surface area contributed by atoms with Crippen molar-refractivity contribution in [2.75, 3.05) is 5.75 Å². The van der Waals surface area contributed by atoms with Gasteiger partial charge >= 0.3 is 5.97 Å². The molecule has 0 aliphatic heterocycles. The first kappa shape index (κ1) is 36.3. The third-order valence-electron chi connectivity index (χ3n) is 6.03. The number of hydrogen-bond acceptors (Lipinski definition) is 10. The molecule has 0 saturated carbocycles. The number of amides is 5. The summed E-state index contributed by atoms with van der Waals surface area (Å²) in [7, 11) is 0. The smallest absolute Gasteiger partial charge is 0.327 e. The van der Waals surface area contributed by atoms with Crippen molar-refractivity contribution in [2.24, 2.45) is 11.7 Å². The molecule has 0 fully saturated rings. The van der Waals surface area contributed by atoms with E-state index in [1.54, 1.807) is 0 Å². The lowest BCUT2D eigenvalue weighted by Gasteiger charge is -2.25. The summed E-state index contributed by atoms with van der Waals surface area (Å²) in [5.74, 6) is -5.20. The van der Waals surface area contributed by atoms with E-state index >= 15 is 0 Å². The lowest BCUT2D eigenvalue weighted by atomic mass is 10.0. The molecule has 1 heterocycles. The van der Waals surface area contributed by atoms with Gasteiger partial charge in [-0.2, -0.15) is 12.6 Å². The number of aliphatic hydroxyl groups is 1. The number of aromatic nitrogens is 2. The molecule has 16 nitrogen and oxygen atoms in total. The second kappa shape index (κ2) is 17.3. The van der Waals surface area contributed by atoms with Gasteiger partial charge in [-0.3, -0.25) is 24.0 Å². The van der Waals surface area contributed by atoms with Gasteiger partial charge in [-0.05, 0) is 33.1 Å². The molecule has 42 heavy (non-hydrogen) atoms. The second-order valence-electron chi connectivity index (χ2n) is 10.3. The number of H-pyrrole nitrogens is 1. The summed E-state index contributed by atoms with van der Waals surface area (Å²) >= 11 is 3.91. The van der Waals surface area contributed by atoms with Crippen LogP contribution in [0.15, 0.2) is 12.5 Å². The van der Waals surface area contributed by atoms with Gasteiger partial charge in [0.15, 0.2) is 0 Å². The van der Waals surface area contributed by atoms with Crippen LogP contribution in [0.25, 0.3) is 0 Å². The average molecular weight is 615 g/mol. The molecule has 7 atom stereocenters. The predicted molar refractivity (Wildman–Crippen MR) is 154 cm³/mol. The number of carbonyl (C=O) groups excluding carboxylic acids is 5. The zero-order valence-electron chi connectivity index (χ0n) is 24.2. The maximum Gasteiger partial charge on any atom is 0.327 e. The maximum absolute atomic E-state index is 12.9. The minimum Gasteiger partial charge on any atom is -0.480 e. The SMILES string of the molecule is CC(C)CC(N)C(=O)NC(C(=O)NC(C)C(=O)NC(C)C(=O)NC(Cc1c[nH]cn1)C(=O)NC(CS)C(=O)O)C(C)O. The summed E-state index contributed by atoms with van der Waals surface area (Å²) in [5, 5.41) is 31.2. The van der Waals surface area contributed by atoms with Crippen LogP contribution in [0.2, 0.25) is 0 Å². The Hall–Kier alpha value is -3.70. The number of nitrogens with one attached hydrogen (secondary N) is 6. The monoisotopic (exact) mass is 614 g/mol. The molecule has 0 aromatic carbocycles. The van der Waals surface area contributed by atoms with Crippen LogP contribution in [0.5, 0.6) is 0 Å². The number of carboxylic acid groups (broad SMARTS) is 1. The highest BCUT2D eigenvalue weighted by Gasteiger charge is 2.32. The molecule has 0 aliphatic rings. The highest BCUT2D eigenvalue weighted by molar-refractivity contribution is 7.80. The number of rotatable bonds is 17. The van der Waals surface area contributed by atoms with Crippen LogP contribution in [-0.4, -0.2) is 104 Å². The molecule has 10 N–H and O–H groups in total. The molecule has 17 heteroatoms. The Bertz CT molecular complexity index is 1080. The number of nitrogens with zero attached hydrogens (tertiary/aromatic N) is 1. The molecule has 0 radical (unpaired) electrons. The van der Waals surface area contributed by atoms with Crippen LogP contribution in [-0.2, 0) is 35.2 Å². The number of carbonyl (C=O) groups is 6. The van der Waals surface area contributed by atoms with Crippen LogP contribution in [0.4, 0.5) is 0 Å². The van der Waals surface area contributed by atoms with E-state index in [1.807, 2.05) is 13.8 Å². The van der Waals surface area contributed by atoms with Gasteiger partial charge in [0.25, 0.3) is 0 Å². The number of carboxylic acids is 1. The van der Waals surface area contributed by atoms with Crippen LogP contribution >= 0.6 is 12.6 Å². The van der Waals surface area contributed by atoms with E-state index in [0.717, 1.165) is 0 Å². The van der Waals surface area contributed by atoms with E-state index in [9.17, 15) is 39.0 Å². The Labute approximate surface area is 249 Å². The Morgan fingerprint density at radius 1 is 0.857 bits per heavy atom. The Balaban J connectivity index is 2.83. The van der Waals surface area contributed by atoms with Crippen molar-refractivity contribution < 1.29 is 39.0 Å². The van der Waals surface area contributed by atoms with Crippen molar-refractivity contribution in [2.45, 2.75) is 89.8 Å². The predicted octanol–water partition coefficient (Wildman–Crippen LogP) is -2.82. The highest BCUT2D eigenvalue weighted by atomic mass is 32.1. The van der Waals surface area contributed by atoms with Crippen LogP contribution in [0.3, 0.4) is 0 Å². The third kappa shape index (κ3) is 12.0. The first-order valence-corrected chi connectivity index (χ1v) is 14.0. The molecular formula is C25H42N8O8S. The van der Waals surface area contributed by atoms with Gasteiger partial charge in [0, 0.05) is 18.4 Å². The first-order valence-electron chi connectivity index (χ1n) is 13.3. The van der Waals surface area contributed by atoms with Gasteiger partial charge in [0.05, 0.1) is 24.2 Å². The molecular weight excluding hydrogens is 572 g/mol. The largest absolute Gasteiger partial charge is 0.480 e. The maximum atomic E-state index is 12.9. The number of aromatic amines is 1. The van der Waals surface area contributed by atoms with E-state index in [0.29, 0.717) is 12.1 Å². The van der Waals surface area contributed by atoms with E-state index in [2.05, 4.69) is 49.2 Å². The summed E-state index contributed by atoms with van der Waals surface area (Å²) in [4.78, 5) is 81.5. The Kier molecular flexibility index (Phi) is 15.0. The summed E-state index contributed by atoms with van der Waals surface area (Å²) in [6.07, 6.45) is 1.84. The molecule has 0 aliphatic carbocycles. The first-order chi connectivity index (χ1) is 19.6. The molecule has 1 aromatic rings. The fourth-order valence-electron chi connectivity index (χ4n) is 3.63. The van der Waals surface area contributed by atoms with Crippen LogP contribution in [0.1, 0.15) is 46.7 Å². The number of thiol groups is 1. The lowest BCUT2D eigenvalue weighted by molar-refractivity contribution is -0.141. The number of nitrogens with two attached hydrogens (primary N) is 1. The number of imidazole rings is 1. The fraction of sp³-hybridized carbons (Fsp3) is 0.640. The zero-order valence-corrected chi connectivity index (χ0v) is 25.1. The van der Waals surface area contributed by atoms with Gasteiger partial charge in [0.1, 0.15) is 30.2 Å². The molecule has 0 spiro atoms. The van der Waals surface area contributed by atoms with Crippen molar-refractivity contribution in [3.8, 4) is 0 Å². The topological polar surface area (TPSA) is 258 Å². The Morgan fingerprint density at radius 2 is 1.40 bits per heavy atom. The summed E-state index contributed by atoms with van der Waals surface area (Å²) in [6, 6.07) is -7.21. The normalized spacial score (nSPS) is 16.1. The quantitative estimate of drug-likeness (QED) is 0.0805. The van der Waals surface area contributed by atoms with E-state index in [4.69, 9.17) is 5.73 Å². The standard InChI is InChI=1S/C25H42N8O8S/c1-11(2)6-16(26)22(37)33-19(14(5)34)24(39)30-12(3)20(35)29-13(4)21(36)31-17(7-15-8-27-10-28-15)23(38)32-18(9-42)25(40)41/h8,10-14,16-19,34,42H,6-7,9,26H2,1-5H3,(H,27,28)(H,29,35)(H,30,39)(H,31,36)(H,32,38)(H,33,37)(H,40,41). The minimum atomic E-state index is -1.39. The van der Waals surface area contributed by atoms with Gasteiger partial charge in [-0.1, -0.05) is 13.8 Å². The Morgan fingerprint density at radius 3 is 1.88 bits per heavy atom. The van der Waals surface area contributed by atoms with Crippen LogP contribution < -0.4 is 32.3 Å². The van der Waals surface area contributed by atoms with Crippen molar-refractivity contribution in [1.82, 2.24) is 36.6 Å². The highest BCUT2D eigenvalue weighted by Crippen LogP contribution is 2.05. The lowest BCUT2D eigenvalue weighted by Crippen LogP contribution is -2.60. The van der Waals surface area contributed by atoms with Gasteiger partial charge in [0.2, 0.25) is 29.5 Å². The van der Waals surface area contributed by atoms with Crippen molar-refractivity contribution in [1.29, 1.82) is 0 Å². The van der Waals surface area contributed by atoms with Gasteiger partial charge in [-0.25, -0.2) is 9.78 Å². The molecule has 7 unspecified atom stereocenters. The summed E-state index contributed by atoms with van der Waals surface area (Å²) < 4.78 is 0. The minimum absolute atomic E-state index is 0.0829. The molecule has 1 rings (SSSR count). The second-order valence-corrected chi connectivity index (χ2v) is 10.7. The fourth-order valence-corrected chi connectivity index (χ4v) is 3.88. The number of hydrogen-bond donors (Lipinski definition) is 10. The molecule has 1 aromatic heterocycles. The zero-order chi connectivity index (χ0) is 32.1. The van der Waals surface area contributed by atoms with E-state index in [-0.39, 0.29) is 18.1 Å². The molecule has 0 bridgehead atoms.